The first-order chi connectivity index (χ1) is 5.97. The van der Waals surface area contributed by atoms with Crippen LogP contribution in [-0.4, -0.2) is 22.8 Å². The van der Waals surface area contributed by atoms with Crippen molar-refractivity contribution in [3.63, 3.8) is 0 Å². The fourth-order valence-electron chi connectivity index (χ4n) is 0.551. The average Bonchev–Trinajstić information content (AvgIpc) is 2.00. The largest absolute Gasteiger partial charge is 0.467 e. The van der Waals surface area contributed by atoms with Crippen molar-refractivity contribution in [1.82, 2.24) is 9.97 Å². The Morgan fingerprint density at radius 1 is 1.31 bits per heavy atom. The van der Waals surface area contributed by atoms with Crippen LogP contribution in [0, 0.1) is 5.95 Å². The lowest BCUT2D eigenvalue weighted by Gasteiger charge is -2.06. The van der Waals surface area contributed by atoms with Crippen molar-refractivity contribution in [3.05, 3.63) is 18.3 Å². The summed E-state index contributed by atoms with van der Waals surface area (Å²) in [6, 6.07) is 0. The van der Waals surface area contributed by atoms with Crippen LogP contribution in [0.3, 0.4) is 0 Å². The topological polar surface area (TPSA) is 35.0 Å². The summed E-state index contributed by atoms with van der Waals surface area (Å²) in [4.78, 5) is 6.28. The number of aromatic nitrogens is 2. The molecule has 0 atom stereocenters. The molecule has 0 fully saturated rings. The lowest BCUT2D eigenvalue weighted by Crippen LogP contribution is -2.19. The normalized spacial score (nSPS) is 11.4. The fraction of sp³-hybridized carbons (Fsp3) is 0.333. The molecule has 1 rings (SSSR count). The highest BCUT2D eigenvalue weighted by atomic mass is 19.4. The maximum atomic E-state index is 12.3. The molecule has 13 heavy (non-hydrogen) atoms. The predicted molar refractivity (Wildman–Crippen MR) is 33.5 cm³/mol. The van der Waals surface area contributed by atoms with Crippen LogP contribution in [0.4, 0.5) is 17.6 Å². The molecule has 0 unspecified atom stereocenters. The molecular formula is C6H4F4N2O. The fourth-order valence-corrected chi connectivity index (χ4v) is 0.551. The van der Waals surface area contributed by atoms with Gasteiger partial charge in [0, 0.05) is 0 Å². The Hall–Kier alpha value is -1.40. The molecule has 0 saturated carbocycles. The second kappa shape index (κ2) is 3.55. The number of ether oxygens (including phenoxy) is 1. The monoisotopic (exact) mass is 196 g/mol. The number of nitrogens with zero attached hydrogens (tertiary/aromatic N) is 2. The first-order valence-electron chi connectivity index (χ1n) is 3.14. The quantitative estimate of drug-likeness (QED) is 0.673. The van der Waals surface area contributed by atoms with Gasteiger partial charge in [-0.2, -0.15) is 22.5 Å². The van der Waals surface area contributed by atoms with Crippen LogP contribution < -0.4 is 4.74 Å². The van der Waals surface area contributed by atoms with Gasteiger partial charge in [-0.1, -0.05) is 0 Å². The molecule has 0 amide bonds. The van der Waals surface area contributed by atoms with Gasteiger partial charge >= 0.3 is 6.18 Å². The molecular weight excluding hydrogens is 192 g/mol. The lowest BCUT2D eigenvalue weighted by molar-refractivity contribution is -0.154. The van der Waals surface area contributed by atoms with Gasteiger partial charge in [-0.15, -0.1) is 0 Å². The van der Waals surface area contributed by atoms with Crippen molar-refractivity contribution in [2.75, 3.05) is 6.61 Å². The molecule has 0 aliphatic rings. The summed E-state index contributed by atoms with van der Waals surface area (Å²) in [5.41, 5.74) is 0. The highest BCUT2D eigenvalue weighted by molar-refractivity contribution is 5.02. The van der Waals surface area contributed by atoms with Crippen LogP contribution in [0.5, 0.6) is 5.88 Å². The Kier molecular flexibility index (Phi) is 2.64. The Morgan fingerprint density at radius 3 is 2.54 bits per heavy atom. The standard InChI is InChI=1S/C6H4F4N2O/c7-4-1-11-2-5(12-4)13-3-6(8,9)10/h1-2H,3H2. The van der Waals surface area contributed by atoms with Gasteiger partial charge in [-0.25, -0.2) is 0 Å². The zero-order valence-electron chi connectivity index (χ0n) is 6.18. The van der Waals surface area contributed by atoms with E-state index in [0.717, 1.165) is 12.4 Å². The molecule has 0 bridgehead atoms. The molecule has 0 spiro atoms. The number of halogens is 4. The molecule has 0 N–H and O–H groups in total. The minimum atomic E-state index is -4.46. The molecule has 1 aromatic heterocycles. The SMILES string of the molecule is Fc1cncc(OCC(F)(F)F)n1. The molecule has 0 aliphatic carbocycles. The van der Waals surface area contributed by atoms with Crippen molar-refractivity contribution < 1.29 is 22.3 Å². The molecule has 0 aromatic carbocycles. The Balaban J connectivity index is 2.55. The minimum absolute atomic E-state index is 0.489. The van der Waals surface area contributed by atoms with Crippen LogP contribution in [0.25, 0.3) is 0 Å². The van der Waals surface area contributed by atoms with E-state index in [4.69, 9.17) is 0 Å². The van der Waals surface area contributed by atoms with Crippen molar-refractivity contribution >= 4 is 0 Å². The predicted octanol–water partition coefficient (Wildman–Crippen LogP) is 1.56. The van der Waals surface area contributed by atoms with Gasteiger partial charge in [-0.05, 0) is 0 Å². The van der Waals surface area contributed by atoms with E-state index in [1.165, 1.54) is 0 Å². The highest BCUT2D eigenvalue weighted by Crippen LogP contribution is 2.16. The third-order valence-electron chi connectivity index (χ3n) is 0.967. The zero-order chi connectivity index (χ0) is 9.90. The maximum Gasteiger partial charge on any atom is 0.422 e. The van der Waals surface area contributed by atoms with Gasteiger partial charge in [-0.3, -0.25) is 4.98 Å². The first-order valence-corrected chi connectivity index (χ1v) is 3.14. The van der Waals surface area contributed by atoms with Crippen LogP contribution in [-0.2, 0) is 0 Å². The lowest BCUT2D eigenvalue weighted by atomic mass is 10.6. The number of hydrogen-bond acceptors (Lipinski definition) is 3. The molecule has 1 aromatic rings. The van der Waals surface area contributed by atoms with Gasteiger partial charge in [0.2, 0.25) is 11.8 Å². The number of rotatable bonds is 2. The van der Waals surface area contributed by atoms with Crippen LogP contribution >= 0.6 is 0 Å². The van der Waals surface area contributed by atoms with E-state index < -0.39 is 24.6 Å². The molecule has 3 nitrogen and oxygen atoms in total. The highest BCUT2D eigenvalue weighted by Gasteiger charge is 2.28. The Morgan fingerprint density at radius 2 is 2.00 bits per heavy atom. The molecule has 0 radical (unpaired) electrons. The number of alkyl halides is 3. The third kappa shape index (κ3) is 3.68. The van der Waals surface area contributed by atoms with Crippen LogP contribution in [0.1, 0.15) is 0 Å². The van der Waals surface area contributed by atoms with Gasteiger partial charge in [0.05, 0.1) is 12.4 Å². The van der Waals surface area contributed by atoms with E-state index in [2.05, 4.69) is 14.7 Å². The summed E-state index contributed by atoms with van der Waals surface area (Å²) in [6.07, 6.45) is -2.80. The van der Waals surface area contributed by atoms with E-state index in [9.17, 15) is 17.6 Å². The smallest absolute Gasteiger partial charge is 0.422 e. The number of hydrogen-bond donors (Lipinski definition) is 0. The van der Waals surface area contributed by atoms with Crippen molar-refractivity contribution in [1.29, 1.82) is 0 Å². The van der Waals surface area contributed by atoms with Crippen molar-refractivity contribution in [2.45, 2.75) is 6.18 Å². The van der Waals surface area contributed by atoms with E-state index in [1.54, 1.807) is 0 Å². The maximum absolute atomic E-state index is 12.3. The molecule has 7 heteroatoms. The Bertz CT molecular complexity index is 288. The van der Waals surface area contributed by atoms with Gasteiger partial charge < -0.3 is 4.74 Å². The average molecular weight is 196 g/mol. The van der Waals surface area contributed by atoms with Crippen LogP contribution in [0.15, 0.2) is 12.4 Å². The summed E-state index contributed by atoms with van der Waals surface area (Å²) >= 11 is 0. The van der Waals surface area contributed by atoms with E-state index >= 15 is 0 Å². The molecule has 0 saturated heterocycles. The Labute approximate surface area is 70.4 Å². The second-order valence-corrected chi connectivity index (χ2v) is 2.08. The molecule has 1 heterocycles. The second-order valence-electron chi connectivity index (χ2n) is 2.08. The summed E-state index contributed by atoms with van der Waals surface area (Å²) in [6.45, 7) is -1.51. The van der Waals surface area contributed by atoms with Gasteiger partial charge in [0.25, 0.3) is 0 Å². The van der Waals surface area contributed by atoms with E-state index in [1.807, 2.05) is 0 Å². The summed E-state index contributed by atoms with van der Waals surface area (Å²) < 4.78 is 51.1. The van der Waals surface area contributed by atoms with Gasteiger partial charge in [0.15, 0.2) is 6.61 Å². The van der Waals surface area contributed by atoms with Crippen LogP contribution in [0.2, 0.25) is 0 Å². The van der Waals surface area contributed by atoms with Gasteiger partial charge in [0.1, 0.15) is 0 Å². The van der Waals surface area contributed by atoms with E-state index in [0.29, 0.717) is 0 Å². The summed E-state index contributed by atoms with van der Waals surface area (Å²) in [7, 11) is 0. The third-order valence-corrected chi connectivity index (χ3v) is 0.967. The van der Waals surface area contributed by atoms with Crippen molar-refractivity contribution in [2.24, 2.45) is 0 Å². The summed E-state index contributed by atoms with van der Waals surface area (Å²) in [5, 5.41) is 0. The summed E-state index contributed by atoms with van der Waals surface area (Å²) in [5.74, 6) is -1.48. The van der Waals surface area contributed by atoms with E-state index in [-0.39, 0.29) is 0 Å². The minimum Gasteiger partial charge on any atom is -0.467 e. The molecule has 0 aliphatic heterocycles. The van der Waals surface area contributed by atoms with Crippen molar-refractivity contribution in [3.8, 4) is 5.88 Å². The molecule has 72 valence electrons. The first kappa shape index (κ1) is 9.69. The zero-order valence-corrected chi connectivity index (χ0v) is 6.18.